The molecule has 6 nitrogen and oxygen atoms in total. The van der Waals surface area contributed by atoms with Gasteiger partial charge in [-0.25, -0.2) is 4.98 Å². The monoisotopic (exact) mass is 363 g/mol. The fraction of sp³-hybridized carbons (Fsp3) is 0.444. The molecule has 0 bridgehead atoms. The molecule has 136 valence electrons. The highest BCUT2D eigenvalue weighted by Crippen LogP contribution is 2.15. The summed E-state index contributed by atoms with van der Waals surface area (Å²) < 4.78 is 11.0. The third-order valence-electron chi connectivity index (χ3n) is 3.28. The van der Waals surface area contributed by atoms with Crippen molar-refractivity contribution < 1.29 is 14.3 Å². The topological polar surface area (TPSA) is 86.5 Å². The fourth-order valence-electron chi connectivity index (χ4n) is 2.12. The van der Waals surface area contributed by atoms with Gasteiger partial charge < -0.3 is 20.5 Å². The maximum atomic E-state index is 12.3. The summed E-state index contributed by atoms with van der Waals surface area (Å²) in [5.41, 5.74) is 7.63. The highest BCUT2D eigenvalue weighted by molar-refractivity contribution is 7.09. The number of hydrogen-bond donors (Lipinski definition) is 2. The molecule has 0 aliphatic rings. The average molecular weight is 363 g/mol. The number of thiazole rings is 1. The summed E-state index contributed by atoms with van der Waals surface area (Å²) in [5, 5.41) is 5.49. The molecule has 0 saturated heterocycles. The molecule has 0 spiro atoms. The number of carbonyl (C=O) groups excluding carboxylic acids is 1. The Morgan fingerprint density at radius 1 is 1.36 bits per heavy atom. The van der Waals surface area contributed by atoms with Gasteiger partial charge in [-0.1, -0.05) is 12.1 Å². The van der Waals surface area contributed by atoms with Gasteiger partial charge in [0.15, 0.2) is 0 Å². The molecule has 0 atom stereocenters. The number of nitrogens with two attached hydrogens (primary N) is 1. The van der Waals surface area contributed by atoms with Crippen LogP contribution in [0.3, 0.4) is 0 Å². The van der Waals surface area contributed by atoms with Gasteiger partial charge in [0.2, 0.25) is 0 Å². The van der Waals surface area contributed by atoms with Gasteiger partial charge in [-0.3, -0.25) is 4.79 Å². The molecule has 2 rings (SSSR count). The predicted molar refractivity (Wildman–Crippen MR) is 100 cm³/mol. The maximum Gasteiger partial charge on any atom is 0.275 e. The molecule has 2 aromatic rings. The van der Waals surface area contributed by atoms with Gasteiger partial charge in [0, 0.05) is 17.5 Å². The van der Waals surface area contributed by atoms with Crippen LogP contribution in [-0.4, -0.2) is 36.8 Å². The lowest BCUT2D eigenvalue weighted by atomic mass is 10.2. The molecule has 25 heavy (non-hydrogen) atoms. The Hall–Kier alpha value is -1.80. The predicted octanol–water partition coefficient (Wildman–Crippen LogP) is 2.84. The molecular weight excluding hydrogens is 338 g/mol. The Morgan fingerprint density at radius 2 is 2.20 bits per heavy atom. The number of ether oxygens (including phenoxy) is 2. The third-order valence-corrected chi connectivity index (χ3v) is 4.18. The molecule has 0 unspecified atom stereocenters. The molecule has 1 amide bonds. The minimum atomic E-state index is -0.220. The van der Waals surface area contributed by atoms with E-state index >= 15 is 0 Å². The van der Waals surface area contributed by atoms with Crippen LogP contribution in [0, 0.1) is 0 Å². The lowest BCUT2D eigenvalue weighted by Gasteiger charge is -2.09. The largest absolute Gasteiger partial charge is 0.376 e. The van der Waals surface area contributed by atoms with Gasteiger partial charge in [-0.05, 0) is 38.1 Å². The SMILES string of the molecule is CC(C)OCCOCc1cccc(NC(=O)c2csc(CCN)n2)c1. The molecule has 1 aromatic heterocycles. The van der Waals surface area contributed by atoms with Gasteiger partial charge in [0.1, 0.15) is 5.69 Å². The molecule has 0 fully saturated rings. The summed E-state index contributed by atoms with van der Waals surface area (Å²) in [6.45, 7) is 6.10. The van der Waals surface area contributed by atoms with Crippen LogP contribution in [0.5, 0.6) is 0 Å². The van der Waals surface area contributed by atoms with Crippen molar-refractivity contribution in [2.45, 2.75) is 33.0 Å². The molecule has 0 aliphatic carbocycles. The first-order chi connectivity index (χ1) is 12.1. The molecule has 1 aromatic carbocycles. The Balaban J connectivity index is 1.84. The molecule has 1 heterocycles. The van der Waals surface area contributed by atoms with Crippen LogP contribution >= 0.6 is 11.3 Å². The van der Waals surface area contributed by atoms with Crippen LogP contribution in [0.4, 0.5) is 5.69 Å². The summed E-state index contributed by atoms with van der Waals surface area (Å²) in [4.78, 5) is 16.6. The molecule has 3 N–H and O–H groups in total. The second-order valence-corrected chi connectivity index (χ2v) is 6.73. The number of nitrogens with zero attached hydrogens (tertiary/aromatic N) is 1. The van der Waals surface area contributed by atoms with E-state index in [1.165, 1.54) is 11.3 Å². The number of nitrogens with one attached hydrogen (secondary N) is 1. The van der Waals surface area contributed by atoms with Crippen molar-refractivity contribution in [1.82, 2.24) is 4.98 Å². The van der Waals surface area contributed by atoms with Gasteiger partial charge in [0.25, 0.3) is 5.91 Å². The van der Waals surface area contributed by atoms with E-state index in [-0.39, 0.29) is 12.0 Å². The Bertz CT molecular complexity index is 673. The van der Waals surface area contributed by atoms with E-state index in [4.69, 9.17) is 15.2 Å². The number of aromatic nitrogens is 1. The van der Waals surface area contributed by atoms with E-state index in [9.17, 15) is 4.79 Å². The van der Waals surface area contributed by atoms with Crippen LogP contribution < -0.4 is 11.1 Å². The first kappa shape index (κ1) is 19.5. The summed E-state index contributed by atoms with van der Waals surface area (Å²) >= 11 is 1.45. The first-order valence-corrected chi connectivity index (χ1v) is 9.20. The van der Waals surface area contributed by atoms with Gasteiger partial charge in [0.05, 0.1) is 30.9 Å². The average Bonchev–Trinajstić information content (AvgIpc) is 3.04. The van der Waals surface area contributed by atoms with Crippen molar-refractivity contribution in [2.75, 3.05) is 25.1 Å². The number of amides is 1. The van der Waals surface area contributed by atoms with Crippen LogP contribution in [0.15, 0.2) is 29.6 Å². The fourth-order valence-corrected chi connectivity index (χ4v) is 2.91. The maximum absolute atomic E-state index is 12.3. The van der Waals surface area contributed by atoms with Gasteiger partial charge in [-0.2, -0.15) is 0 Å². The number of rotatable bonds is 10. The zero-order valence-corrected chi connectivity index (χ0v) is 15.5. The van der Waals surface area contributed by atoms with Crippen molar-refractivity contribution >= 4 is 22.9 Å². The Labute approximate surface area is 152 Å². The summed E-state index contributed by atoms with van der Waals surface area (Å²) in [7, 11) is 0. The van der Waals surface area contributed by atoms with E-state index in [0.29, 0.717) is 38.5 Å². The summed E-state index contributed by atoms with van der Waals surface area (Å²) in [5.74, 6) is -0.220. The molecule has 7 heteroatoms. The van der Waals surface area contributed by atoms with Crippen LogP contribution in [0.2, 0.25) is 0 Å². The lowest BCUT2D eigenvalue weighted by molar-refractivity contribution is 0.0143. The first-order valence-electron chi connectivity index (χ1n) is 8.32. The van der Waals surface area contributed by atoms with Crippen LogP contribution in [-0.2, 0) is 22.5 Å². The zero-order chi connectivity index (χ0) is 18.1. The number of carbonyl (C=O) groups is 1. The van der Waals surface area contributed by atoms with E-state index in [1.807, 2.05) is 38.1 Å². The van der Waals surface area contributed by atoms with Gasteiger partial charge in [-0.15, -0.1) is 11.3 Å². The quantitative estimate of drug-likeness (QED) is 0.634. The second-order valence-electron chi connectivity index (χ2n) is 5.79. The van der Waals surface area contributed by atoms with Crippen molar-refractivity contribution in [1.29, 1.82) is 0 Å². The number of benzene rings is 1. The second kappa shape index (κ2) is 10.2. The highest BCUT2D eigenvalue weighted by Gasteiger charge is 2.11. The van der Waals surface area contributed by atoms with Crippen LogP contribution in [0.25, 0.3) is 0 Å². The Kier molecular flexibility index (Phi) is 8.00. The normalized spacial score (nSPS) is 11.0. The molecular formula is C18H25N3O3S. The van der Waals surface area contributed by atoms with Crippen molar-refractivity contribution in [3.63, 3.8) is 0 Å². The molecule has 0 saturated carbocycles. The van der Waals surface area contributed by atoms with Crippen LogP contribution in [0.1, 0.15) is 34.9 Å². The van der Waals surface area contributed by atoms with E-state index in [2.05, 4.69) is 10.3 Å². The van der Waals surface area contributed by atoms with Crippen molar-refractivity contribution in [2.24, 2.45) is 5.73 Å². The minimum Gasteiger partial charge on any atom is -0.376 e. The van der Waals surface area contributed by atoms with E-state index in [1.54, 1.807) is 5.38 Å². The van der Waals surface area contributed by atoms with E-state index in [0.717, 1.165) is 16.3 Å². The lowest BCUT2D eigenvalue weighted by Crippen LogP contribution is -2.13. The summed E-state index contributed by atoms with van der Waals surface area (Å²) in [6.07, 6.45) is 0.892. The van der Waals surface area contributed by atoms with E-state index < -0.39 is 0 Å². The third kappa shape index (κ3) is 6.91. The molecule has 0 radical (unpaired) electrons. The molecule has 0 aliphatic heterocycles. The van der Waals surface area contributed by atoms with Crippen molar-refractivity contribution in [3.8, 4) is 0 Å². The van der Waals surface area contributed by atoms with Gasteiger partial charge >= 0.3 is 0 Å². The van der Waals surface area contributed by atoms with Crippen molar-refractivity contribution in [3.05, 3.63) is 45.9 Å². The zero-order valence-electron chi connectivity index (χ0n) is 14.7. The standard InChI is InChI=1S/C18H25N3O3S/c1-13(2)24-9-8-23-11-14-4-3-5-15(10-14)20-18(22)16-12-25-17(21-16)6-7-19/h3-5,10,12-13H,6-9,11,19H2,1-2H3,(H,20,22). The Morgan fingerprint density at radius 3 is 2.96 bits per heavy atom. The smallest absolute Gasteiger partial charge is 0.275 e. The minimum absolute atomic E-state index is 0.207. The highest BCUT2D eigenvalue weighted by atomic mass is 32.1. The number of hydrogen-bond acceptors (Lipinski definition) is 6. The number of anilines is 1. The summed E-state index contributed by atoms with van der Waals surface area (Å²) in [6, 6.07) is 7.59.